The Morgan fingerprint density at radius 2 is 0.732 bits per heavy atom. The highest BCUT2D eigenvalue weighted by atomic mass is 16.5. The maximum Gasteiger partial charge on any atom is 0.305 e. The zero-order valence-corrected chi connectivity index (χ0v) is 47.5. The summed E-state index contributed by atoms with van der Waals surface area (Å²) in [6.07, 6.45) is 77.1. The number of esters is 1. The molecule has 0 aromatic carbocycles. The molecule has 0 aliphatic heterocycles. The molecule has 2 atom stereocenters. The van der Waals surface area contributed by atoms with Gasteiger partial charge in [0.1, 0.15) is 0 Å². The van der Waals surface area contributed by atoms with Gasteiger partial charge in [-0.25, -0.2) is 0 Å². The molecule has 416 valence electrons. The van der Waals surface area contributed by atoms with E-state index in [-0.39, 0.29) is 18.5 Å². The Morgan fingerprint density at radius 1 is 0.394 bits per heavy atom. The molecule has 0 saturated carbocycles. The van der Waals surface area contributed by atoms with E-state index in [1.54, 1.807) is 0 Å². The molecule has 0 aliphatic rings. The van der Waals surface area contributed by atoms with Crippen molar-refractivity contribution in [2.24, 2.45) is 0 Å². The summed E-state index contributed by atoms with van der Waals surface area (Å²) in [4.78, 5) is 24.5. The number of unbranched alkanes of at least 4 members (excludes halogenated alkanes) is 39. The zero-order chi connectivity index (χ0) is 51.4. The molecule has 0 aliphatic carbocycles. The fourth-order valence-electron chi connectivity index (χ4n) is 9.58. The van der Waals surface area contributed by atoms with Gasteiger partial charge in [-0.05, 0) is 70.6 Å². The van der Waals surface area contributed by atoms with Crippen molar-refractivity contribution in [1.82, 2.24) is 5.32 Å². The summed E-state index contributed by atoms with van der Waals surface area (Å²) < 4.78 is 5.40. The monoisotopic (exact) mass is 996 g/mol. The average molecular weight is 997 g/mol. The van der Waals surface area contributed by atoms with E-state index in [9.17, 15) is 19.8 Å². The number of hydrogen-bond acceptors (Lipinski definition) is 5. The van der Waals surface area contributed by atoms with Crippen LogP contribution in [0.4, 0.5) is 0 Å². The number of allylic oxidation sites excluding steroid dienone is 7. The van der Waals surface area contributed by atoms with E-state index in [1.165, 1.54) is 231 Å². The maximum atomic E-state index is 12.5. The lowest BCUT2D eigenvalue weighted by molar-refractivity contribution is -0.143. The Labute approximate surface area is 442 Å². The van der Waals surface area contributed by atoms with Crippen molar-refractivity contribution in [2.45, 2.75) is 341 Å². The van der Waals surface area contributed by atoms with Gasteiger partial charge in [0.25, 0.3) is 0 Å². The van der Waals surface area contributed by atoms with Gasteiger partial charge < -0.3 is 20.3 Å². The van der Waals surface area contributed by atoms with E-state index in [0.717, 1.165) is 64.2 Å². The van der Waals surface area contributed by atoms with Gasteiger partial charge in [0.05, 0.1) is 25.4 Å². The van der Waals surface area contributed by atoms with E-state index < -0.39 is 12.1 Å². The van der Waals surface area contributed by atoms with Crippen molar-refractivity contribution < 1.29 is 24.5 Å². The number of carbonyl (C=O) groups excluding carboxylic acids is 2. The average Bonchev–Trinajstić information content (AvgIpc) is 3.37. The fourth-order valence-corrected chi connectivity index (χ4v) is 9.58. The van der Waals surface area contributed by atoms with E-state index >= 15 is 0 Å². The van der Waals surface area contributed by atoms with E-state index in [1.807, 2.05) is 0 Å². The van der Waals surface area contributed by atoms with Crippen molar-refractivity contribution >= 4 is 11.9 Å². The Balaban J connectivity index is 3.46. The Hall–Kier alpha value is -2.18. The zero-order valence-electron chi connectivity index (χ0n) is 47.5. The molecule has 0 fully saturated rings. The van der Waals surface area contributed by atoms with Crippen LogP contribution in [0.1, 0.15) is 328 Å². The predicted molar refractivity (Wildman–Crippen MR) is 310 cm³/mol. The molecule has 2 unspecified atom stereocenters. The van der Waals surface area contributed by atoms with Crippen molar-refractivity contribution in [1.29, 1.82) is 0 Å². The van der Waals surface area contributed by atoms with Crippen LogP contribution in [0.5, 0.6) is 0 Å². The van der Waals surface area contributed by atoms with Crippen LogP contribution in [0.25, 0.3) is 0 Å². The molecule has 0 spiro atoms. The minimum atomic E-state index is -0.670. The van der Waals surface area contributed by atoms with E-state index in [0.29, 0.717) is 25.9 Å². The number of aliphatic hydroxyl groups excluding tert-OH is 2. The Morgan fingerprint density at radius 3 is 1.13 bits per heavy atom. The summed E-state index contributed by atoms with van der Waals surface area (Å²) in [7, 11) is 0. The minimum absolute atomic E-state index is 0.0378. The molecule has 71 heavy (non-hydrogen) atoms. The van der Waals surface area contributed by atoms with Crippen molar-refractivity contribution in [3.8, 4) is 0 Å². The van der Waals surface area contributed by atoms with Gasteiger partial charge in [-0.2, -0.15) is 0 Å². The van der Waals surface area contributed by atoms with Crippen LogP contribution >= 0.6 is 0 Å². The quantitative estimate of drug-likeness (QED) is 0.0321. The van der Waals surface area contributed by atoms with Crippen LogP contribution in [0, 0.1) is 0 Å². The second-order valence-electron chi connectivity index (χ2n) is 21.4. The SMILES string of the molecule is CCC/C=C\C/C=C\CCCCCCCC(=O)OCC/C=C\C/C=C\CCCCCCCCCCCCCCCCC(=O)NC(CO)C(O)CCCCCCCCCCCCCCCCCCCCCC. The standard InChI is InChI=1S/C65H121NO5/c1-3-5-7-9-11-13-15-17-18-19-20-24-27-30-34-37-41-45-49-53-57-63(68)62(61-67)66-64(69)58-54-50-46-42-38-35-31-28-25-22-21-23-26-29-32-36-40-44-48-52-56-60-71-65(70)59-55-51-47-43-39-33-16-14-12-10-8-6-4-2/h8,10,14,16,36,40,48,52,62-63,67-68H,3-7,9,11-13,15,17-35,37-39,41-47,49-51,53-61H2,1-2H3,(H,66,69)/b10-8-,16-14-,40-36-,52-48-. The van der Waals surface area contributed by atoms with Gasteiger partial charge in [-0.15, -0.1) is 0 Å². The summed E-state index contributed by atoms with van der Waals surface area (Å²) in [5, 5.41) is 23.4. The highest BCUT2D eigenvalue weighted by Gasteiger charge is 2.20. The lowest BCUT2D eigenvalue weighted by atomic mass is 10.0. The van der Waals surface area contributed by atoms with Gasteiger partial charge in [-0.1, -0.05) is 294 Å². The molecular weight excluding hydrogens is 875 g/mol. The molecule has 0 aromatic rings. The normalized spacial score (nSPS) is 12.9. The number of carbonyl (C=O) groups is 2. The Kier molecular flexibility index (Phi) is 58.5. The summed E-state index contributed by atoms with van der Waals surface area (Å²) in [6, 6.07) is -0.547. The van der Waals surface area contributed by atoms with Gasteiger partial charge in [-0.3, -0.25) is 9.59 Å². The number of amides is 1. The van der Waals surface area contributed by atoms with E-state index in [4.69, 9.17) is 4.74 Å². The van der Waals surface area contributed by atoms with Gasteiger partial charge in [0, 0.05) is 12.8 Å². The van der Waals surface area contributed by atoms with Gasteiger partial charge in [0.2, 0.25) is 5.91 Å². The molecule has 0 heterocycles. The smallest absolute Gasteiger partial charge is 0.305 e. The molecule has 6 heteroatoms. The largest absolute Gasteiger partial charge is 0.465 e. The van der Waals surface area contributed by atoms with Crippen molar-refractivity contribution in [2.75, 3.05) is 13.2 Å². The van der Waals surface area contributed by atoms with Crippen molar-refractivity contribution in [3.05, 3.63) is 48.6 Å². The minimum Gasteiger partial charge on any atom is -0.465 e. The highest BCUT2D eigenvalue weighted by molar-refractivity contribution is 5.76. The fraction of sp³-hybridized carbons (Fsp3) is 0.846. The van der Waals surface area contributed by atoms with Crippen LogP contribution in [-0.2, 0) is 14.3 Å². The summed E-state index contributed by atoms with van der Waals surface area (Å²) in [6.45, 7) is 4.79. The molecule has 1 amide bonds. The van der Waals surface area contributed by atoms with E-state index in [2.05, 4.69) is 67.8 Å². The van der Waals surface area contributed by atoms with Crippen LogP contribution < -0.4 is 5.32 Å². The van der Waals surface area contributed by atoms with Crippen LogP contribution in [0.2, 0.25) is 0 Å². The molecule has 3 N–H and O–H groups in total. The first kappa shape index (κ1) is 68.8. The third-order valence-electron chi connectivity index (χ3n) is 14.4. The van der Waals surface area contributed by atoms with Crippen LogP contribution in [0.3, 0.4) is 0 Å². The number of aliphatic hydroxyl groups is 2. The molecular formula is C65H121NO5. The molecule has 0 rings (SSSR count). The van der Waals surface area contributed by atoms with Crippen LogP contribution in [-0.4, -0.2) is 47.4 Å². The number of rotatable bonds is 58. The van der Waals surface area contributed by atoms with Gasteiger partial charge >= 0.3 is 5.97 Å². The topological polar surface area (TPSA) is 95.9 Å². The molecule has 0 bridgehead atoms. The second-order valence-corrected chi connectivity index (χ2v) is 21.4. The molecule has 0 aromatic heterocycles. The number of hydrogen-bond donors (Lipinski definition) is 3. The molecule has 0 saturated heterocycles. The second kappa shape index (κ2) is 60.4. The number of ether oxygens (including phenoxy) is 1. The van der Waals surface area contributed by atoms with Crippen molar-refractivity contribution in [3.63, 3.8) is 0 Å². The predicted octanol–water partition coefficient (Wildman–Crippen LogP) is 19.7. The number of nitrogens with one attached hydrogen (secondary N) is 1. The maximum absolute atomic E-state index is 12.5. The van der Waals surface area contributed by atoms with Gasteiger partial charge in [0.15, 0.2) is 0 Å². The summed E-state index contributed by atoms with van der Waals surface area (Å²) >= 11 is 0. The lowest BCUT2D eigenvalue weighted by Crippen LogP contribution is -2.45. The first-order valence-corrected chi connectivity index (χ1v) is 31.4. The highest BCUT2D eigenvalue weighted by Crippen LogP contribution is 2.18. The lowest BCUT2D eigenvalue weighted by Gasteiger charge is -2.22. The molecule has 0 radical (unpaired) electrons. The first-order valence-electron chi connectivity index (χ1n) is 31.4. The third kappa shape index (κ3) is 57.0. The first-order chi connectivity index (χ1) is 35.0. The summed E-state index contributed by atoms with van der Waals surface area (Å²) in [5.41, 5.74) is 0. The molecule has 6 nitrogen and oxygen atoms in total. The van der Waals surface area contributed by atoms with Crippen LogP contribution in [0.15, 0.2) is 48.6 Å². The third-order valence-corrected chi connectivity index (χ3v) is 14.4. The summed E-state index contributed by atoms with van der Waals surface area (Å²) in [5.74, 6) is -0.0884. The Bertz CT molecular complexity index is 1190.